The van der Waals surface area contributed by atoms with Crippen molar-refractivity contribution in [2.45, 2.75) is 37.8 Å². The summed E-state index contributed by atoms with van der Waals surface area (Å²) in [6, 6.07) is 4.33. The Kier molecular flexibility index (Phi) is 3.26. The van der Waals surface area contributed by atoms with Gasteiger partial charge >= 0.3 is 0 Å². The third-order valence-corrected chi connectivity index (χ3v) is 4.35. The molecule has 4 nitrogen and oxygen atoms in total. The van der Waals surface area contributed by atoms with Crippen molar-refractivity contribution >= 4 is 26.8 Å². The molecule has 1 heterocycles. The standard InChI is InChI=1S/C13H16BrN3O/c14-13-10-7-16-17-11(10)5-6-12(13)18-9-3-1-8(15)2-4-9/h5-9H,1-4,15H2,(H,16,17)/t8-,9+. The lowest BCUT2D eigenvalue weighted by Gasteiger charge is -2.27. The van der Waals surface area contributed by atoms with Crippen LogP contribution < -0.4 is 10.5 Å². The van der Waals surface area contributed by atoms with E-state index in [1.807, 2.05) is 18.3 Å². The number of nitrogens with two attached hydrogens (primary N) is 1. The molecule has 1 fully saturated rings. The van der Waals surface area contributed by atoms with Crippen molar-refractivity contribution in [2.75, 3.05) is 0 Å². The summed E-state index contributed by atoms with van der Waals surface area (Å²) in [7, 11) is 0. The van der Waals surface area contributed by atoms with Crippen LogP contribution in [0.4, 0.5) is 0 Å². The Hall–Kier alpha value is -1.07. The number of rotatable bonds is 2. The van der Waals surface area contributed by atoms with E-state index in [1.54, 1.807) is 0 Å². The van der Waals surface area contributed by atoms with Gasteiger partial charge in [-0.3, -0.25) is 5.10 Å². The van der Waals surface area contributed by atoms with Gasteiger partial charge in [-0.25, -0.2) is 0 Å². The number of ether oxygens (including phenoxy) is 1. The van der Waals surface area contributed by atoms with Gasteiger partial charge < -0.3 is 10.5 Å². The summed E-state index contributed by atoms with van der Waals surface area (Å²) in [5, 5.41) is 8.03. The third-order valence-electron chi connectivity index (χ3n) is 3.54. The van der Waals surface area contributed by atoms with E-state index in [-0.39, 0.29) is 6.10 Å². The molecular weight excluding hydrogens is 294 g/mol. The average Bonchev–Trinajstić information content (AvgIpc) is 2.84. The molecule has 0 aliphatic heterocycles. The van der Waals surface area contributed by atoms with Crippen LogP contribution in [0.5, 0.6) is 5.75 Å². The monoisotopic (exact) mass is 309 g/mol. The molecule has 1 aromatic carbocycles. The number of fused-ring (bicyclic) bond motifs is 1. The molecule has 5 heteroatoms. The van der Waals surface area contributed by atoms with Gasteiger partial charge in [-0.15, -0.1) is 0 Å². The Morgan fingerprint density at radius 1 is 1.28 bits per heavy atom. The lowest BCUT2D eigenvalue weighted by atomic mass is 9.94. The van der Waals surface area contributed by atoms with Crippen LogP contribution in [0.25, 0.3) is 10.9 Å². The van der Waals surface area contributed by atoms with Gasteiger partial charge in [0, 0.05) is 11.4 Å². The van der Waals surface area contributed by atoms with E-state index < -0.39 is 0 Å². The molecule has 0 unspecified atom stereocenters. The summed E-state index contributed by atoms with van der Waals surface area (Å²) >= 11 is 3.59. The maximum Gasteiger partial charge on any atom is 0.134 e. The molecule has 96 valence electrons. The second-order valence-corrected chi connectivity index (χ2v) is 5.66. The van der Waals surface area contributed by atoms with Crippen LogP contribution in [-0.4, -0.2) is 22.3 Å². The molecule has 3 rings (SSSR count). The zero-order chi connectivity index (χ0) is 12.5. The summed E-state index contributed by atoms with van der Waals surface area (Å²) < 4.78 is 7.04. The van der Waals surface area contributed by atoms with Crippen molar-refractivity contribution in [3.05, 3.63) is 22.8 Å². The normalized spacial score (nSPS) is 24.3. The molecule has 1 aliphatic carbocycles. The zero-order valence-corrected chi connectivity index (χ0v) is 11.6. The number of nitrogens with zero attached hydrogens (tertiary/aromatic N) is 1. The fourth-order valence-electron chi connectivity index (χ4n) is 2.44. The SMILES string of the molecule is N[C@H]1CC[C@@H](Oc2ccc3[nH]ncc3c2Br)CC1. The van der Waals surface area contributed by atoms with Crippen LogP contribution in [0, 0.1) is 0 Å². The number of benzene rings is 1. The number of aromatic amines is 1. The molecule has 0 saturated heterocycles. The lowest BCUT2D eigenvalue weighted by Crippen LogP contribution is -2.31. The van der Waals surface area contributed by atoms with E-state index in [9.17, 15) is 0 Å². The minimum atomic E-state index is 0.283. The highest BCUT2D eigenvalue weighted by Crippen LogP contribution is 2.34. The van der Waals surface area contributed by atoms with Crippen molar-refractivity contribution in [1.82, 2.24) is 10.2 Å². The molecular formula is C13H16BrN3O. The number of halogens is 1. The van der Waals surface area contributed by atoms with Crippen molar-refractivity contribution < 1.29 is 4.74 Å². The van der Waals surface area contributed by atoms with Crippen molar-refractivity contribution in [3.63, 3.8) is 0 Å². The second kappa shape index (κ2) is 4.90. The summed E-state index contributed by atoms with van der Waals surface area (Å²) in [5.74, 6) is 0.893. The van der Waals surface area contributed by atoms with Gasteiger partial charge in [-0.05, 0) is 53.7 Å². The van der Waals surface area contributed by atoms with Gasteiger partial charge in [0.25, 0.3) is 0 Å². The predicted octanol–water partition coefficient (Wildman–Crippen LogP) is 2.97. The third kappa shape index (κ3) is 2.24. The van der Waals surface area contributed by atoms with Crippen LogP contribution in [0.3, 0.4) is 0 Å². The zero-order valence-electron chi connectivity index (χ0n) is 10.0. The van der Waals surface area contributed by atoms with Gasteiger partial charge in [0.05, 0.1) is 22.3 Å². The minimum absolute atomic E-state index is 0.283. The van der Waals surface area contributed by atoms with Crippen LogP contribution in [-0.2, 0) is 0 Å². The highest BCUT2D eigenvalue weighted by molar-refractivity contribution is 9.10. The van der Waals surface area contributed by atoms with Gasteiger partial charge in [-0.1, -0.05) is 0 Å². The number of H-pyrrole nitrogens is 1. The molecule has 1 aromatic heterocycles. The van der Waals surface area contributed by atoms with Crippen molar-refractivity contribution in [2.24, 2.45) is 5.73 Å². The first kappa shape index (κ1) is 12.0. The Bertz CT molecular complexity index is 546. The first-order valence-corrected chi connectivity index (χ1v) is 7.07. The number of nitrogens with one attached hydrogen (secondary N) is 1. The smallest absolute Gasteiger partial charge is 0.134 e. The van der Waals surface area contributed by atoms with Crippen molar-refractivity contribution in [3.8, 4) is 5.75 Å². The van der Waals surface area contributed by atoms with Crippen LogP contribution in [0.2, 0.25) is 0 Å². The number of aromatic nitrogens is 2. The Morgan fingerprint density at radius 3 is 2.83 bits per heavy atom. The molecule has 2 aromatic rings. The first-order chi connectivity index (χ1) is 8.74. The fourth-order valence-corrected chi connectivity index (χ4v) is 2.98. The van der Waals surface area contributed by atoms with E-state index in [4.69, 9.17) is 10.5 Å². The number of hydrogen-bond donors (Lipinski definition) is 2. The van der Waals surface area contributed by atoms with Gasteiger partial charge in [0.15, 0.2) is 0 Å². The molecule has 0 spiro atoms. The average molecular weight is 310 g/mol. The predicted molar refractivity (Wildman–Crippen MR) is 74.7 cm³/mol. The highest BCUT2D eigenvalue weighted by Gasteiger charge is 2.21. The minimum Gasteiger partial charge on any atom is -0.489 e. The Labute approximate surface area is 114 Å². The lowest BCUT2D eigenvalue weighted by molar-refractivity contribution is 0.146. The van der Waals surface area contributed by atoms with Gasteiger partial charge in [0.2, 0.25) is 0 Å². The summed E-state index contributed by atoms with van der Waals surface area (Å²) in [6.07, 6.45) is 6.27. The maximum absolute atomic E-state index is 6.07. The maximum atomic E-state index is 6.07. The topological polar surface area (TPSA) is 63.9 Å². The first-order valence-electron chi connectivity index (χ1n) is 6.28. The summed E-state index contributed by atoms with van der Waals surface area (Å²) in [6.45, 7) is 0. The molecule has 18 heavy (non-hydrogen) atoms. The molecule has 1 saturated carbocycles. The molecule has 1 aliphatic rings. The van der Waals surface area contributed by atoms with Crippen LogP contribution in [0.1, 0.15) is 25.7 Å². The van der Waals surface area contributed by atoms with Crippen LogP contribution in [0.15, 0.2) is 22.8 Å². The summed E-state index contributed by atoms with van der Waals surface area (Å²) in [4.78, 5) is 0. The Morgan fingerprint density at radius 2 is 2.06 bits per heavy atom. The van der Waals surface area contributed by atoms with E-state index in [2.05, 4.69) is 26.1 Å². The quantitative estimate of drug-likeness (QED) is 0.896. The van der Waals surface area contributed by atoms with E-state index in [1.165, 1.54) is 0 Å². The van der Waals surface area contributed by atoms with E-state index in [0.717, 1.165) is 46.8 Å². The Balaban J connectivity index is 1.80. The van der Waals surface area contributed by atoms with Crippen LogP contribution >= 0.6 is 15.9 Å². The summed E-state index contributed by atoms with van der Waals surface area (Å²) in [5.41, 5.74) is 6.92. The second-order valence-electron chi connectivity index (χ2n) is 4.86. The van der Waals surface area contributed by atoms with Crippen molar-refractivity contribution in [1.29, 1.82) is 0 Å². The number of hydrogen-bond acceptors (Lipinski definition) is 3. The molecule has 0 bridgehead atoms. The van der Waals surface area contributed by atoms with Gasteiger partial charge in [0.1, 0.15) is 5.75 Å². The van der Waals surface area contributed by atoms with E-state index >= 15 is 0 Å². The molecule has 0 radical (unpaired) electrons. The van der Waals surface area contributed by atoms with Gasteiger partial charge in [-0.2, -0.15) is 5.10 Å². The molecule has 0 amide bonds. The highest BCUT2D eigenvalue weighted by atomic mass is 79.9. The molecule has 0 atom stereocenters. The van der Waals surface area contributed by atoms with E-state index in [0.29, 0.717) is 6.04 Å². The molecule has 3 N–H and O–H groups in total. The largest absolute Gasteiger partial charge is 0.489 e. The fraction of sp³-hybridized carbons (Fsp3) is 0.462.